The van der Waals surface area contributed by atoms with Gasteiger partial charge in [0.25, 0.3) is 0 Å². The van der Waals surface area contributed by atoms with Crippen molar-refractivity contribution in [3.05, 3.63) is 53.6 Å². The van der Waals surface area contributed by atoms with Crippen LogP contribution in [0.1, 0.15) is 22.8 Å². The van der Waals surface area contributed by atoms with Crippen molar-refractivity contribution in [3.8, 4) is 16.9 Å². The first-order valence-electron chi connectivity index (χ1n) is 6.26. The lowest BCUT2D eigenvalue weighted by Gasteiger charge is -2.11. The molecule has 0 heterocycles. The predicted octanol–water partition coefficient (Wildman–Crippen LogP) is 3.16. The van der Waals surface area contributed by atoms with E-state index >= 15 is 0 Å². The Bertz CT molecular complexity index is 605. The molecule has 0 atom stereocenters. The van der Waals surface area contributed by atoms with Gasteiger partial charge in [0.05, 0.1) is 6.61 Å². The molecule has 0 radical (unpaired) electrons. The molecule has 0 bridgehead atoms. The lowest BCUT2D eigenvalue weighted by molar-refractivity contribution is 0.100. The molecule has 0 aliphatic heterocycles. The van der Waals surface area contributed by atoms with Crippen LogP contribution in [-0.2, 0) is 0 Å². The number of rotatable bonds is 4. The summed E-state index contributed by atoms with van der Waals surface area (Å²) in [5, 5.41) is 0. The molecule has 98 valence electrons. The molecule has 19 heavy (non-hydrogen) atoms. The van der Waals surface area contributed by atoms with Crippen LogP contribution in [-0.4, -0.2) is 12.5 Å². The Balaban J connectivity index is 2.48. The largest absolute Gasteiger partial charge is 0.494 e. The standard InChI is InChI=1S/C16H17NO2/c1-3-19-15-9-8-12(10-11(15)2)13-6-4-5-7-14(13)16(17)18/h4-10H,3H2,1-2H3,(H2,17,18). The van der Waals surface area contributed by atoms with Gasteiger partial charge in [0.1, 0.15) is 5.75 Å². The molecule has 2 N–H and O–H groups in total. The fourth-order valence-corrected chi connectivity index (χ4v) is 2.08. The molecule has 0 spiro atoms. The molecular weight excluding hydrogens is 238 g/mol. The molecule has 2 aromatic rings. The van der Waals surface area contributed by atoms with Crippen LogP contribution in [0.15, 0.2) is 42.5 Å². The molecule has 0 aromatic heterocycles. The second-order valence-corrected chi connectivity index (χ2v) is 4.32. The summed E-state index contributed by atoms with van der Waals surface area (Å²) in [6.45, 7) is 4.58. The third-order valence-corrected chi connectivity index (χ3v) is 2.98. The van der Waals surface area contributed by atoms with Gasteiger partial charge in [-0.3, -0.25) is 4.79 Å². The Morgan fingerprint density at radius 3 is 2.58 bits per heavy atom. The maximum Gasteiger partial charge on any atom is 0.249 e. The van der Waals surface area contributed by atoms with E-state index in [2.05, 4.69) is 0 Å². The maximum absolute atomic E-state index is 11.4. The van der Waals surface area contributed by atoms with Gasteiger partial charge in [0.2, 0.25) is 5.91 Å². The van der Waals surface area contributed by atoms with Gasteiger partial charge in [-0.1, -0.05) is 24.3 Å². The minimum atomic E-state index is -0.415. The van der Waals surface area contributed by atoms with E-state index in [-0.39, 0.29) is 0 Å². The van der Waals surface area contributed by atoms with Crippen molar-refractivity contribution in [1.82, 2.24) is 0 Å². The van der Waals surface area contributed by atoms with Crippen molar-refractivity contribution in [1.29, 1.82) is 0 Å². The summed E-state index contributed by atoms with van der Waals surface area (Å²) in [6, 6.07) is 13.2. The second kappa shape index (κ2) is 5.57. The van der Waals surface area contributed by atoms with E-state index in [1.165, 1.54) is 0 Å². The van der Waals surface area contributed by atoms with Crippen LogP contribution in [0.4, 0.5) is 0 Å². The normalized spacial score (nSPS) is 10.2. The minimum Gasteiger partial charge on any atom is -0.494 e. The minimum absolute atomic E-state index is 0.415. The van der Waals surface area contributed by atoms with Gasteiger partial charge in [-0.25, -0.2) is 0 Å². The topological polar surface area (TPSA) is 52.3 Å². The molecule has 0 aliphatic rings. The lowest BCUT2D eigenvalue weighted by Crippen LogP contribution is -2.12. The molecule has 3 nitrogen and oxygen atoms in total. The van der Waals surface area contributed by atoms with Gasteiger partial charge in [-0.2, -0.15) is 0 Å². The number of primary amides is 1. The SMILES string of the molecule is CCOc1ccc(-c2ccccc2C(N)=O)cc1C. The van der Waals surface area contributed by atoms with E-state index in [1.807, 2.05) is 50.2 Å². The lowest BCUT2D eigenvalue weighted by atomic mass is 9.98. The first kappa shape index (κ1) is 13.1. The smallest absolute Gasteiger partial charge is 0.249 e. The van der Waals surface area contributed by atoms with E-state index in [0.717, 1.165) is 22.4 Å². The van der Waals surface area contributed by atoms with Crippen LogP contribution in [0, 0.1) is 6.92 Å². The van der Waals surface area contributed by atoms with Crippen molar-refractivity contribution < 1.29 is 9.53 Å². The number of hydrogen-bond acceptors (Lipinski definition) is 2. The molecule has 1 amide bonds. The highest BCUT2D eigenvalue weighted by atomic mass is 16.5. The molecule has 3 heteroatoms. The van der Waals surface area contributed by atoms with Gasteiger partial charge in [-0.15, -0.1) is 0 Å². The van der Waals surface area contributed by atoms with Crippen molar-refractivity contribution >= 4 is 5.91 Å². The fraction of sp³-hybridized carbons (Fsp3) is 0.188. The Morgan fingerprint density at radius 1 is 1.21 bits per heavy atom. The van der Waals surface area contributed by atoms with Crippen LogP contribution in [0.2, 0.25) is 0 Å². The van der Waals surface area contributed by atoms with Crippen LogP contribution >= 0.6 is 0 Å². The second-order valence-electron chi connectivity index (χ2n) is 4.32. The van der Waals surface area contributed by atoms with Gasteiger partial charge >= 0.3 is 0 Å². The Labute approximate surface area is 113 Å². The first-order chi connectivity index (χ1) is 9.13. The van der Waals surface area contributed by atoms with E-state index in [4.69, 9.17) is 10.5 Å². The summed E-state index contributed by atoms with van der Waals surface area (Å²) < 4.78 is 5.51. The fourth-order valence-electron chi connectivity index (χ4n) is 2.08. The average Bonchev–Trinajstić information content (AvgIpc) is 2.41. The van der Waals surface area contributed by atoms with Gasteiger partial charge in [-0.05, 0) is 48.7 Å². The number of hydrogen-bond donors (Lipinski definition) is 1. The zero-order valence-corrected chi connectivity index (χ0v) is 11.1. The number of carbonyl (C=O) groups excluding carboxylic acids is 1. The molecule has 0 aliphatic carbocycles. The molecular formula is C16H17NO2. The number of amides is 1. The summed E-state index contributed by atoms with van der Waals surface area (Å²) in [7, 11) is 0. The Morgan fingerprint density at radius 2 is 1.95 bits per heavy atom. The van der Waals surface area contributed by atoms with E-state index in [0.29, 0.717) is 12.2 Å². The first-order valence-corrected chi connectivity index (χ1v) is 6.26. The quantitative estimate of drug-likeness (QED) is 0.912. The Hall–Kier alpha value is -2.29. The van der Waals surface area contributed by atoms with Crippen molar-refractivity contribution in [2.75, 3.05) is 6.61 Å². The highest BCUT2D eigenvalue weighted by Gasteiger charge is 2.10. The summed E-state index contributed by atoms with van der Waals surface area (Å²) >= 11 is 0. The number of benzene rings is 2. The van der Waals surface area contributed by atoms with Gasteiger partial charge in [0, 0.05) is 5.56 Å². The Kier molecular flexibility index (Phi) is 3.85. The van der Waals surface area contributed by atoms with Crippen LogP contribution < -0.4 is 10.5 Å². The van der Waals surface area contributed by atoms with Crippen LogP contribution in [0.5, 0.6) is 5.75 Å². The van der Waals surface area contributed by atoms with Crippen molar-refractivity contribution in [3.63, 3.8) is 0 Å². The third-order valence-electron chi connectivity index (χ3n) is 2.98. The molecule has 2 rings (SSSR count). The molecule has 0 saturated carbocycles. The maximum atomic E-state index is 11.4. The molecule has 0 unspecified atom stereocenters. The average molecular weight is 255 g/mol. The molecule has 0 fully saturated rings. The monoisotopic (exact) mass is 255 g/mol. The summed E-state index contributed by atoms with van der Waals surface area (Å²) in [5.74, 6) is 0.449. The zero-order valence-electron chi connectivity index (χ0n) is 11.1. The third kappa shape index (κ3) is 2.76. The van der Waals surface area contributed by atoms with Gasteiger partial charge in [0.15, 0.2) is 0 Å². The van der Waals surface area contributed by atoms with E-state index in [9.17, 15) is 4.79 Å². The number of aryl methyl sites for hydroxylation is 1. The summed E-state index contributed by atoms with van der Waals surface area (Å²) in [4.78, 5) is 11.4. The van der Waals surface area contributed by atoms with Crippen molar-refractivity contribution in [2.45, 2.75) is 13.8 Å². The van der Waals surface area contributed by atoms with E-state index < -0.39 is 5.91 Å². The highest BCUT2D eigenvalue weighted by Crippen LogP contribution is 2.28. The summed E-state index contributed by atoms with van der Waals surface area (Å²) in [5.41, 5.74) is 8.79. The van der Waals surface area contributed by atoms with Crippen LogP contribution in [0.25, 0.3) is 11.1 Å². The van der Waals surface area contributed by atoms with Crippen LogP contribution in [0.3, 0.4) is 0 Å². The number of ether oxygens (including phenoxy) is 1. The number of nitrogens with two attached hydrogens (primary N) is 1. The molecule has 2 aromatic carbocycles. The molecule has 0 saturated heterocycles. The number of carbonyl (C=O) groups is 1. The van der Waals surface area contributed by atoms with Gasteiger partial charge < -0.3 is 10.5 Å². The summed E-state index contributed by atoms with van der Waals surface area (Å²) in [6.07, 6.45) is 0. The zero-order chi connectivity index (χ0) is 13.8. The van der Waals surface area contributed by atoms with E-state index in [1.54, 1.807) is 6.07 Å². The predicted molar refractivity (Wildman–Crippen MR) is 76.3 cm³/mol. The highest BCUT2D eigenvalue weighted by molar-refractivity contribution is 5.99. The van der Waals surface area contributed by atoms with Crippen molar-refractivity contribution in [2.24, 2.45) is 5.73 Å².